The van der Waals surface area contributed by atoms with Crippen LogP contribution in [-0.4, -0.2) is 12.1 Å². The van der Waals surface area contributed by atoms with E-state index in [1.54, 1.807) is 6.92 Å². The Bertz CT molecular complexity index is 152. The standard InChI is InChI=1S/C6H10F2N2/c1-2-4(3-9)5(10)6(7)8/h3,6,10H,2,9H2,1H3/b4-3-,10-5?. The maximum Gasteiger partial charge on any atom is 0.279 e. The van der Waals surface area contributed by atoms with Crippen molar-refractivity contribution in [3.8, 4) is 0 Å². The average molecular weight is 148 g/mol. The van der Waals surface area contributed by atoms with Crippen LogP contribution >= 0.6 is 0 Å². The lowest BCUT2D eigenvalue weighted by atomic mass is 10.1. The van der Waals surface area contributed by atoms with Gasteiger partial charge in [0, 0.05) is 0 Å². The number of halogens is 2. The third-order valence-corrected chi connectivity index (χ3v) is 1.15. The van der Waals surface area contributed by atoms with Crippen LogP contribution in [0.3, 0.4) is 0 Å². The summed E-state index contributed by atoms with van der Waals surface area (Å²) in [6.07, 6.45) is -1.29. The molecule has 0 aliphatic carbocycles. The van der Waals surface area contributed by atoms with Gasteiger partial charge in [0.2, 0.25) is 0 Å². The first-order valence-corrected chi connectivity index (χ1v) is 2.91. The average Bonchev–Trinajstić information content (AvgIpc) is 1.90. The number of rotatable bonds is 3. The molecule has 0 unspecified atom stereocenters. The predicted octanol–water partition coefficient (Wildman–Crippen LogP) is 1.52. The molecule has 0 saturated heterocycles. The topological polar surface area (TPSA) is 49.9 Å². The van der Waals surface area contributed by atoms with E-state index < -0.39 is 12.1 Å². The summed E-state index contributed by atoms with van der Waals surface area (Å²) in [5.74, 6) is 0. The fourth-order valence-corrected chi connectivity index (χ4v) is 0.538. The summed E-state index contributed by atoms with van der Waals surface area (Å²) in [4.78, 5) is 0. The summed E-state index contributed by atoms with van der Waals surface area (Å²) in [5, 5.41) is 6.80. The summed E-state index contributed by atoms with van der Waals surface area (Å²) in [5.41, 5.74) is 4.51. The van der Waals surface area contributed by atoms with E-state index >= 15 is 0 Å². The van der Waals surface area contributed by atoms with Crippen LogP contribution in [0, 0.1) is 5.41 Å². The molecule has 0 aromatic carbocycles. The van der Waals surface area contributed by atoms with Crippen molar-refractivity contribution in [3.63, 3.8) is 0 Å². The van der Waals surface area contributed by atoms with Crippen molar-refractivity contribution in [3.05, 3.63) is 11.8 Å². The summed E-state index contributed by atoms with van der Waals surface area (Å²) < 4.78 is 23.5. The number of alkyl halides is 2. The van der Waals surface area contributed by atoms with Crippen molar-refractivity contribution in [2.75, 3.05) is 0 Å². The Kier molecular flexibility index (Phi) is 3.61. The lowest BCUT2D eigenvalue weighted by Crippen LogP contribution is -2.12. The molecule has 0 atom stereocenters. The monoisotopic (exact) mass is 148 g/mol. The molecule has 4 heteroatoms. The van der Waals surface area contributed by atoms with Gasteiger partial charge < -0.3 is 5.73 Å². The smallest absolute Gasteiger partial charge is 0.279 e. The van der Waals surface area contributed by atoms with Crippen LogP contribution in [0.1, 0.15) is 13.3 Å². The Labute approximate surface area is 58.2 Å². The number of nitrogens with one attached hydrogen (secondary N) is 1. The minimum absolute atomic E-state index is 0.204. The molecule has 3 N–H and O–H groups in total. The van der Waals surface area contributed by atoms with Crippen molar-refractivity contribution >= 4 is 5.71 Å². The molecule has 0 saturated carbocycles. The van der Waals surface area contributed by atoms with E-state index in [1.807, 2.05) is 0 Å². The second-order valence-corrected chi connectivity index (χ2v) is 1.76. The molecule has 2 nitrogen and oxygen atoms in total. The molecule has 0 aliphatic rings. The van der Waals surface area contributed by atoms with Crippen molar-refractivity contribution in [1.29, 1.82) is 5.41 Å². The zero-order valence-electron chi connectivity index (χ0n) is 5.70. The third-order valence-electron chi connectivity index (χ3n) is 1.15. The Hall–Kier alpha value is -0.930. The number of nitrogens with two attached hydrogens (primary N) is 1. The number of hydrogen-bond donors (Lipinski definition) is 2. The van der Waals surface area contributed by atoms with Crippen LogP contribution in [0.4, 0.5) is 8.78 Å². The first kappa shape index (κ1) is 9.07. The van der Waals surface area contributed by atoms with E-state index in [-0.39, 0.29) is 5.57 Å². The van der Waals surface area contributed by atoms with E-state index in [0.29, 0.717) is 6.42 Å². The lowest BCUT2D eigenvalue weighted by Gasteiger charge is -2.02. The van der Waals surface area contributed by atoms with Crippen LogP contribution in [0.25, 0.3) is 0 Å². The maximum atomic E-state index is 11.7. The molecule has 0 aliphatic heterocycles. The van der Waals surface area contributed by atoms with Gasteiger partial charge in [0.05, 0.1) is 0 Å². The predicted molar refractivity (Wildman–Crippen MR) is 36.3 cm³/mol. The van der Waals surface area contributed by atoms with Gasteiger partial charge in [0.25, 0.3) is 6.43 Å². The first-order valence-electron chi connectivity index (χ1n) is 2.91. The first-order chi connectivity index (χ1) is 4.63. The minimum Gasteiger partial charge on any atom is -0.404 e. The van der Waals surface area contributed by atoms with Crippen molar-refractivity contribution < 1.29 is 8.78 Å². The molecule has 0 aromatic heterocycles. The normalized spacial score (nSPS) is 12.2. The molecule has 0 heterocycles. The molecule has 10 heavy (non-hydrogen) atoms. The molecule has 0 bridgehead atoms. The zero-order chi connectivity index (χ0) is 8.15. The van der Waals surface area contributed by atoms with Gasteiger partial charge >= 0.3 is 0 Å². The summed E-state index contributed by atoms with van der Waals surface area (Å²) >= 11 is 0. The van der Waals surface area contributed by atoms with Gasteiger partial charge in [-0.15, -0.1) is 0 Å². The van der Waals surface area contributed by atoms with Crippen LogP contribution in [-0.2, 0) is 0 Å². The summed E-state index contributed by atoms with van der Waals surface area (Å²) in [6.45, 7) is 1.68. The highest BCUT2D eigenvalue weighted by Crippen LogP contribution is 2.07. The van der Waals surface area contributed by atoms with Crippen LogP contribution < -0.4 is 5.73 Å². The van der Waals surface area contributed by atoms with E-state index in [4.69, 9.17) is 11.1 Å². The molecule has 58 valence electrons. The molecule has 0 aromatic rings. The van der Waals surface area contributed by atoms with Gasteiger partial charge in [-0.25, -0.2) is 8.78 Å². The molecular weight excluding hydrogens is 138 g/mol. The van der Waals surface area contributed by atoms with Crippen molar-refractivity contribution in [2.45, 2.75) is 19.8 Å². The SMILES string of the molecule is CC/C(=C/N)C(=N)C(F)F. The fraction of sp³-hybridized carbons (Fsp3) is 0.500. The van der Waals surface area contributed by atoms with Gasteiger partial charge in [0.1, 0.15) is 5.71 Å². The van der Waals surface area contributed by atoms with Crippen LogP contribution in [0.15, 0.2) is 11.8 Å². The number of hydrogen-bond acceptors (Lipinski definition) is 2. The Morgan fingerprint density at radius 2 is 2.20 bits per heavy atom. The van der Waals surface area contributed by atoms with Gasteiger partial charge in [-0.2, -0.15) is 0 Å². The minimum atomic E-state index is -2.71. The number of allylic oxidation sites excluding steroid dienone is 1. The maximum absolute atomic E-state index is 11.7. The Morgan fingerprint density at radius 3 is 2.30 bits per heavy atom. The Morgan fingerprint density at radius 1 is 1.70 bits per heavy atom. The van der Waals surface area contributed by atoms with Gasteiger partial charge in [-0.05, 0) is 18.2 Å². The van der Waals surface area contributed by atoms with E-state index in [0.717, 1.165) is 6.20 Å². The quantitative estimate of drug-likeness (QED) is 0.586. The summed E-state index contributed by atoms with van der Waals surface area (Å²) in [6, 6.07) is 0. The molecule has 0 radical (unpaired) electrons. The molecular formula is C6H10F2N2. The van der Waals surface area contributed by atoms with Crippen molar-refractivity contribution in [2.24, 2.45) is 5.73 Å². The van der Waals surface area contributed by atoms with E-state index in [1.165, 1.54) is 0 Å². The second kappa shape index (κ2) is 3.98. The molecule has 0 amide bonds. The van der Waals surface area contributed by atoms with Gasteiger partial charge in [0.15, 0.2) is 0 Å². The highest BCUT2D eigenvalue weighted by molar-refractivity contribution is 5.99. The highest BCUT2D eigenvalue weighted by Gasteiger charge is 2.13. The molecule has 0 spiro atoms. The van der Waals surface area contributed by atoms with Crippen molar-refractivity contribution in [1.82, 2.24) is 0 Å². The second-order valence-electron chi connectivity index (χ2n) is 1.76. The molecule has 0 fully saturated rings. The largest absolute Gasteiger partial charge is 0.404 e. The summed E-state index contributed by atoms with van der Waals surface area (Å²) in [7, 11) is 0. The lowest BCUT2D eigenvalue weighted by molar-refractivity contribution is 0.225. The highest BCUT2D eigenvalue weighted by atomic mass is 19.3. The van der Waals surface area contributed by atoms with Gasteiger partial charge in [-0.3, -0.25) is 5.41 Å². The van der Waals surface area contributed by atoms with Crippen LogP contribution in [0.5, 0.6) is 0 Å². The Balaban J connectivity index is 4.18. The zero-order valence-corrected chi connectivity index (χ0v) is 5.70. The van der Waals surface area contributed by atoms with Gasteiger partial charge in [-0.1, -0.05) is 6.92 Å². The third kappa shape index (κ3) is 2.13. The van der Waals surface area contributed by atoms with Crippen LogP contribution in [0.2, 0.25) is 0 Å². The fourth-order valence-electron chi connectivity index (χ4n) is 0.538. The molecule has 0 rings (SSSR count). The van der Waals surface area contributed by atoms with E-state index in [2.05, 4.69) is 0 Å². The van der Waals surface area contributed by atoms with E-state index in [9.17, 15) is 8.78 Å².